The average molecular weight is 268 g/mol. The monoisotopic (exact) mass is 268 g/mol. The molecule has 5 heteroatoms. The first-order valence-electron chi connectivity index (χ1n) is 5.67. The molecule has 4 nitrogen and oxygen atoms in total. The van der Waals surface area contributed by atoms with Crippen LogP contribution in [0.25, 0.3) is 0 Å². The van der Waals surface area contributed by atoms with Crippen LogP contribution in [0, 0.1) is 0 Å². The summed E-state index contributed by atoms with van der Waals surface area (Å²) >= 11 is 1.77. The minimum Gasteiger partial charge on any atom is -0.465 e. The summed E-state index contributed by atoms with van der Waals surface area (Å²) in [5.41, 5.74) is 7.55. The summed E-state index contributed by atoms with van der Waals surface area (Å²) in [4.78, 5) is 11.5. The third-order valence-electron chi connectivity index (χ3n) is 2.77. The molecule has 3 N–H and O–H groups in total. The molecule has 0 bridgehead atoms. The molecule has 0 saturated carbocycles. The van der Waals surface area contributed by atoms with Gasteiger partial charge in [0.2, 0.25) is 0 Å². The number of nitrogens with one attached hydrogen (secondary N) is 1. The topological polar surface area (TPSA) is 64.3 Å². The second kappa shape index (κ2) is 6.00. The van der Waals surface area contributed by atoms with E-state index in [0.29, 0.717) is 11.3 Å². The molecule has 18 heavy (non-hydrogen) atoms. The van der Waals surface area contributed by atoms with Gasteiger partial charge in [0, 0.05) is 11.3 Å². The van der Waals surface area contributed by atoms with E-state index in [1.165, 1.54) is 7.11 Å². The molecule has 1 rings (SSSR count). The van der Waals surface area contributed by atoms with Crippen LogP contribution in [-0.4, -0.2) is 30.6 Å². The summed E-state index contributed by atoms with van der Waals surface area (Å²) in [6, 6.07) is 5.31. The first-order valence-corrected chi connectivity index (χ1v) is 6.89. The predicted octanol–water partition coefficient (Wildman–Crippen LogP) is 2.61. The molecule has 0 spiro atoms. The molecule has 1 aromatic rings. The van der Waals surface area contributed by atoms with Gasteiger partial charge in [-0.15, -0.1) is 0 Å². The summed E-state index contributed by atoms with van der Waals surface area (Å²) in [6.07, 6.45) is 2.07. The maximum atomic E-state index is 11.5. The number of carbonyl (C=O) groups is 1. The average Bonchev–Trinajstić information content (AvgIpc) is 2.36. The van der Waals surface area contributed by atoms with E-state index in [1.807, 2.05) is 6.07 Å². The Balaban J connectivity index is 2.88. The van der Waals surface area contributed by atoms with Crippen molar-refractivity contribution in [2.75, 3.05) is 31.0 Å². The van der Waals surface area contributed by atoms with Gasteiger partial charge in [0.05, 0.1) is 24.0 Å². The first kappa shape index (κ1) is 14.7. The SMILES string of the molecule is COC(=O)c1cccc(NCC(C)(C)SC)c1N. The maximum Gasteiger partial charge on any atom is 0.340 e. The number of para-hydroxylation sites is 1. The first-order chi connectivity index (χ1) is 8.41. The number of ether oxygens (including phenoxy) is 1. The Hall–Kier alpha value is -1.36. The van der Waals surface area contributed by atoms with Gasteiger partial charge < -0.3 is 15.8 Å². The minimum atomic E-state index is -0.416. The van der Waals surface area contributed by atoms with Crippen LogP contribution in [0.5, 0.6) is 0 Å². The lowest BCUT2D eigenvalue weighted by Gasteiger charge is -2.23. The summed E-state index contributed by atoms with van der Waals surface area (Å²) in [5.74, 6) is -0.416. The highest BCUT2D eigenvalue weighted by Crippen LogP contribution is 2.26. The molecular weight excluding hydrogens is 248 g/mol. The molecule has 100 valence electrons. The van der Waals surface area contributed by atoms with E-state index in [0.717, 1.165) is 12.2 Å². The summed E-state index contributed by atoms with van der Waals surface area (Å²) in [6.45, 7) is 5.05. The van der Waals surface area contributed by atoms with Crippen molar-refractivity contribution < 1.29 is 9.53 Å². The van der Waals surface area contributed by atoms with Crippen molar-refractivity contribution in [2.24, 2.45) is 0 Å². The zero-order valence-corrected chi connectivity index (χ0v) is 12.1. The Bertz CT molecular complexity index is 433. The van der Waals surface area contributed by atoms with E-state index in [1.54, 1.807) is 23.9 Å². The zero-order valence-electron chi connectivity index (χ0n) is 11.2. The molecule has 0 saturated heterocycles. The second-order valence-electron chi connectivity index (χ2n) is 4.58. The van der Waals surface area contributed by atoms with E-state index in [9.17, 15) is 4.79 Å². The molecule has 1 aromatic carbocycles. The Kier molecular flexibility index (Phi) is 4.90. The van der Waals surface area contributed by atoms with Crippen LogP contribution in [0.4, 0.5) is 11.4 Å². The largest absolute Gasteiger partial charge is 0.465 e. The van der Waals surface area contributed by atoms with Gasteiger partial charge in [0.1, 0.15) is 0 Å². The van der Waals surface area contributed by atoms with E-state index < -0.39 is 5.97 Å². The molecule has 0 unspecified atom stereocenters. The van der Waals surface area contributed by atoms with Crippen molar-refractivity contribution in [3.8, 4) is 0 Å². The molecule has 0 fully saturated rings. The van der Waals surface area contributed by atoms with Crippen LogP contribution in [-0.2, 0) is 4.74 Å². The predicted molar refractivity (Wildman–Crippen MR) is 78.3 cm³/mol. The van der Waals surface area contributed by atoms with Gasteiger partial charge in [-0.2, -0.15) is 11.8 Å². The van der Waals surface area contributed by atoms with Gasteiger partial charge in [-0.25, -0.2) is 4.79 Å². The standard InChI is InChI=1S/C13H20N2O2S/c1-13(2,18-4)8-15-10-7-5-6-9(11(10)14)12(16)17-3/h5-7,15H,8,14H2,1-4H3. The summed E-state index contributed by atoms with van der Waals surface area (Å²) in [5, 5.41) is 3.27. The van der Waals surface area contributed by atoms with Crippen LogP contribution < -0.4 is 11.1 Å². The Labute approximate surface area is 112 Å². The molecule has 0 amide bonds. The van der Waals surface area contributed by atoms with Crippen LogP contribution >= 0.6 is 11.8 Å². The molecule has 0 aromatic heterocycles. The molecule has 0 atom stereocenters. The lowest BCUT2D eigenvalue weighted by molar-refractivity contribution is 0.0602. The van der Waals surface area contributed by atoms with E-state index in [2.05, 4.69) is 30.2 Å². The van der Waals surface area contributed by atoms with Crippen LogP contribution in [0.15, 0.2) is 18.2 Å². The van der Waals surface area contributed by atoms with Crippen molar-refractivity contribution in [3.05, 3.63) is 23.8 Å². The number of anilines is 2. The van der Waals surface area contributed by atoms with Gasteiger partial charge in [0.25, 0.3) is 0 Å². The van der Waals surface area contributed by atoms with Crippen molar-refractivity contribution in [1.29, 1.82) is 0 Å². The lowest BCUT2D eigenvalue weighted by atomic mass is 10.1. The van der Waals surface area contributed by atoms with Crippen molar-refractivity contribution in [1.82, 2.24) is 0 Å². The molecule has 0 heterocycles. The number of nitrogens with two attached hydrogens (primary N) is 1. The minimum absolute atomic E-state index is 0.105. The van der Waals surface area contributed by atoms with Crippen LogP contribution in [0.1, 0.15) is 24.2 Å². The zero-order chi connectivity index (χ0) is 13.8. The third-order valence-corrected chi connectivity index (χ3v) is 4.02. The number of methoxy groups -OCH3 is 1. The number of carbonyl (C=O) groups excluding carboxylic acids is 1. The highest BCUT2D eigenvalue weighted by atomic mass is 32.2. The van der Waals surface area contributed by atoms with Crippen molar-refractivity contribution >= 4 is 29.1 Å². The normalized spacial score (nSPS) is 11.1. The number of hydrogen-bond acceptors (Lipinski definition) is 5. The molecule has 0 radical (unpaired) electrons. The number of esters is 1. The van der Waals surface area contributed by atoms with Crippen molar-refractivity contribution in [2.45, 2.75) is 18.6 Å². The van der Waals surface area contributed by atoms with Crippen LogP contribution in [0.2, 0.25) is 0 Å². The van der Waals surface area contributed by atoms with Gasteiger partial charge in [-0.1, -0.05) is 6.07 Å². The smallest absolute Gasteiger partial charge is 0.340 e. The Morgan fingerprint density at radius 3 is 2.72 bits per heavy atom. The van der Waals surface area contributed by atoms with Gasteiger partial charge in [-0.05, 0) is 32.2 Å². The third kappa shape index (κ3) is 3.57. The lowest BCUT2D eigenvalue weighted by Crippen LogP contribution is -2.26. The van der Waals surface area contributed by atoms with Crippen LogP contribution in [0.3, 0.4) is 0 Å². The second-order valence-corrected chi connectivity index (χ2v) is 6.09. The van der Waals surface area contributed by atoms with Gasteiger partial charge in [0.15, 0.2) is 0 Å². The fourth-order valence-corrected chi connectivity index (χ4v) is 1.60. The van der Waals surface area contributed by atoms with E-state index in [4.69, 9.17) is 5.73 Å². The summed E-state index contributed by atoms with van der Waals surface area (Å²) < 4.78 is 4.79. The Morgan fingerprint density at radius 1 is 1.50 bits per heavy atom. The summed E-state index contributed by atoms with van der Waals surface area (Å²) in [7, 11) is 1.35. The quantitative estimate of drug-likeness (QED) is 0.635. The molecular formula is C13H20N2O2S. The number of nitrogen functional groups attached to an aromatic ring is 1. The number of hydrogen-bond donors (Lipinski definition) is 2. The fourth-order valence-electron chi connectivity index (χ4n) is 1.39. The van der Waals surface area contributed by atoms with Gasteiger partial charge in [-0.3, -0.25) is 0 Å². The maximum absolute atomic E-state index is 11.5. The molecule has 0 aliphatic carbocycles. The number of thioether (sulfide) groups is 1. The number of benzene rings is 1. The van der Waals surface area contributed by atoms with E-state index >= 15 is 0 Å². The van der Waals surface area contributed by atoms with Gasteiger partial charge >= 0.3 is 5.97 Å². The van der Waals surface area contributed by atoms with Crippen molar-refractivity contribution in [3.63, 3.8) is 0 Å². The Morgan fingerprint density at radius 2 is 2.17 bits per heavy atom. The highest BCUT2D eigenvalue weighted by Gasteiger charge is 2.17. The highest BCUT2D eigenvalue weighted by molar-refractivity contribution is 7.99. The number of rotatable bonds is 5. The molecule has 0 aliphatic heterocycles. The fraction of sp³-hybridized carbons (Fsp3) is 0.462. The van der Waals surface area contributed by atoms with E-state index in [-0.39, 0.29) is 4.75 Å². The molecule has 0 aliphatic rings.